The predicted molar refractivity (Wildman–Crippen MR) is 68.3 cm³/mol. The maximum absolute atomic E-state index is 5.74. The first-order valence-corrected chi connectivity index (χ1v) is 6.06. The lowest BCUT2D eigenvalue weighted by atomic mass is 10.0. The molecule has 1 heterocycles. The van der Waals surface area contributed by atoms with Gasteiger partial charge in [-0.3, -0.25) is 4.98 Å². The Morgan fingerprint density at radius 2 is 2.18 bits per heavy atom. The molecule has 0 saturated heterocycles. The van der Waals surface area contributed by atoms with Crippen molar-refractivity contribution < 1.29 is 9.47 Å². The fourth-order valence-electron chi connectivity index (χ4n) is 1.97. The first kappa shape index (κ1) is 13.9. The number of aromatic nitrogens is 1. The Labute approximate surface area is 103 Å². The summed E-state index contributed by atoms with van der Waals surface area (Å²) in [5.74, 6) is 0.796. The molecule has 4 nitrogen and oxygen atoms in total. The lowest BCUT2D eigenvalue weighted by molar-refractivity contribution is 0.0317. The Kier molecular flexibility index (Phi) is 5.94. The average Bonchev–Trinajstić information content (AvgIpc) is 2.39. The molecule has 0 aromatic carbocycles. The molecule has 0 saturated carbocycles. The molecule has 0 aliphatic rings. The number of methoxy groups -OCH3 is 1. The summed E-state index contributed by atoms with van der Waals surface area (Å²) in [5, 5.41) is 3.26. The monoisotopic (exact) mass is 238 g/mol. The van der Waals surface area contributed by atoms with Gasteiger partial charge in [-0.25, -0.2) is 0 Å². The fraction of sp³-hybridized carbons (Fsp3) is 0.615. The summed E-state index contributed by atoms with van der Waals surface area (Å²) in [6, 6.07) is 3.85. The molecule has 4 heteroatoms. The van der Waals surface area contributed by atoms with Crippen molar-refractivity contribution in [3.8, 4) is 5.75 Å². The second kappa shape index (κ2) is 7.25. The zero-order valence-corrected chi connectivity index (χ0v) is 11.1. The van der Waals surface area contributed by atoms with E-state index in [2.05, 4.69) is 17.2 Å². The van der Waals surface area contributed by atoms with Gasteiger partial charge in [-0.1, -0.05) is 6.92 Å². The molecule has 1 N–H and O–H groups in total. The van der Waals surface area contributed by atoms with Crippen molar-refractivity contribution in [1.82, 2.24) is 10.3 Å². The minimum absolute atomic E-state index is 0.0519. The van der Waals surface area contributed by atoms with Gasteiger partial charge in [0, 0.05) is 12.8 Å². The predicted octanol–water partition coefficient (Wildman–Crippen LogP) is 2.17. The fourth-order valence-corrected chi connectivity index (χ4v) is 1.97. The normalized spacial score (nSPS) is 14.4. The van der Waals surface area contributed by atoms with Gasteiger partial charge < -0.3 is 14.8 Å². The van der Waals surface area contributed by atoms with Crippen molar-refractivity contribution >= 4 is 0 Å². The topological polar surface area (TPSA) is 43.4 Å². The summed E-state index contributed by atoms with van der Waals surface area (Å²) in [5.41, 5.74) is 0.901. The van der Waals surface area contributed by atoms with Crippen LogP contribution in [0.3, 0.4) is 0 Å². The Balaban J connectivity index is 2.98. The minimum atomic E-state index is 0.0519. The Morgan fingerprint density at radius 1 is 1.41 bits per heavy atom. The first-order chi connectivity index (χ1) is 8.28. The van der Waals surface area contributed by atoms with Crippen LogP contribution in [0.1, 0.15) is 32.0 Å². The molecule has 0 radical (unpaired) electrons. The summed E-state index contributed by atoms with van der Waals surface area (Å²) in [6.07, 6.45) is 2.81. The Hall–Kier alpha value is -1.13. The van der Waals surface area contributed by atoms with E-state index in [0.29, 0.717) is 6.61 Å². The van der Waals surface area contributed by atoms with Crippen molar-refractivity contribution in [1.29, 1.82) is 0 Å². The van der Waals surface area contributed by atoms with Gasteiger partial charge in [-0.15, -0.1) is 0 Å². The highest BCUT2D eigenvalue weighted by atomic mass is 16.5. The molecule has 0 bridgehead atoms. The molecule has 1 aromatic heterocycles. The zero-order valence-electron chi connectivity index (χ0n) is 11.1. The van der Waals surface area contributed by atoms with E-state index in [0.717, 1.165) is 17.9 Å². The van der Waals surface area contributed by atoms with E-state index in [-0.39, 0.29) is 12.1 Å². The molecule has 96 valence electrons. The molecule has 0 amide bonds. The van der Waals surface area contributed by atoms with E-state index in [4.69, 9.17) is 9.47 Å². The summed E-state index contributed by atoms with van der Waals surface area (Å²) < 4.78 is 11.1. The third kappa shape index (κ3) is 3.41. The van der Waals surface area contributed by atoms with Gasteiger partial charge in [-0.05, 0) is 32.5 Å². The van der Waals surface area contributed by atoms with Gasteiger partial charge in [0.15, 0.2) is 0 Å². The number of nitrogens with zero attached hydrogens (tertiary/aromatic N) is 1. The van der Waals surface area contributed by atoms with E-state index >= 15 is 0 Å². The van der Waals surface area contributed by atoms with Crippen molar-refractivity contribution in [2.45, 2.75) is 32.4 Å². The number of ether oxygens (including phenoxy) is 2. The van der Waals surface area contributed by atoms with Gasteiger partial charge in [0.25, 0.3) is 0 Å². The third-order valence-electron chi connectivity index (χ3n) is 2.78. The van der Waals surface area contributed by atoms with Crippen molar-refractivity contribution in [2.75, 3.05) is 20.8 Å². The second-order valence-corrected chi connectivity index (χ2v) is 3.76. The van der Waals surface area contributed by atoms with Crippen LogP contribution in [0, 0.1) is 0 Å². The molecular formula is C13H22N2O2. The number of rotatable bonds is 7. The highest BCUT2D eigenvalue weighted by Crippen LogP contribution is 2.27. The van der Waals surface area contributed by atoms with Crippen LogP contribution in [-0.2, 0) is 4.74 Å². The van der Waals surface area contributed by atoms with Crippen LogP contribution in [0.4, 0.5) is 0 Å². The molecule has 1 aromatic rings. The molecule has 17 heavy (non-hydrogen) atoms. The largest absolute Gasteiger partial charge is 0.495 e. The number of pyridine rings is 1. The van der Waals surface area contributed by atoms with E-state index in [9.17, 15) is 0 Å². The quantitative estimate of drug-likeness (QED) is 0.790. The first-order valence-electron chi connectivity index (χ1n) is 6.06. The molecule has 2 atom stereocenters. The minimum Gasteiger partial charge on any atom is -0.495 e. The van der Waals surface area contributed by atoms with E-state index in [1.165, 1.54) is 0 Å². The van der Waals surface area contributed by atoms with Gasteiger partial charge in [0.1, 0.15) is 11.4 Å². The summed E-state index contributed by atoms with van der Waals surface area (Å²) in [7, 11) is 3.58. The van der Waals surface area contributed by atoms with E-state index < -0.39 is 0 Å². The van der Waals surface area contributed by atoms with Crippen LogP contribution in [0.15, 0.2) is 18.3 Å². The second-order valence-electron chi connectivity index (χ2n) is 3.76. The lowest BCUT2D eigenvalue weighted by Gasteiger charge is -2.26. The van der Waals surface area contributed by atoms with Crippen molar-refractivity contribution in [2.24, 2.45) is 0 Å². The zero-order chi connectivity index (χ0) is 12.7. The summed E-state index contributed by atoms with van der Waals surface area (Å²) in [4.78, 5) is 4.40. The van der Waals surface area contributed by atoms with Crippen LogP contribution in [0.2, 0.25) is 0 Å². The maximum atomic E-state index is 5.74. The molecular weight excluding hydrogens is 216 g/mol. The van der Waals surface area contributed by atoms with E-state index in [1.54, 1.807) is 13.3 Å². The van der Waals surface area contributed by atoms with Crippen LogP contribution in [0.5, 0.6) is 5.75 Å². The maximum Gasteiger partial charge on any atom is 0.142 e. The SMILES string of the molecule is CCOC(CC)C(NC)c1ncccc1OC. The Morgan fingerprint density at radius 3 is 2.71 bits per heavy atom. The highest BCUT2D eigenvalue weighted by molar-refractivity contribution is 5.30. The lowest BCUT2D eigenvalue weighted by Crippen LogP contribution is -2.32. The smallest absolute Gasteiger partial charge is 0.142 e. The van der Waals surface area contributed by atoms with Gasteiger partial charge in [0.05, 0.1) is 19.3 Å². The Bertz CT molecular complexity index is 331. The van der Waals surface area contributed by atoms with Gasteiger partial charge in [0.2, 0.25) is 0 Å². The standard InChI is InChI=1S/C13H22N2O2/c1-5-10(17-6-2)12(14-3)13-11(16-4)8-7-9-15-13/h7-10,12,14H,5-6H2,1-4H3. The molecule has 0 aliphatic heterocycles. The van der Waals surface area contributed by atoms with Crippen LogP contribution in [-0.4, -0.2) is 31.9 Å². The summed E-state index contributed by atoms with van der Waals surface area (Å²) >= 11 is 0. The van der Waals surface area contributed by atoms with E-state index in [1.807, 2.05) is 26.1 Å². The van der Waals surface area contributed by atoms with Crippen molar-refractivity contribution in [3.05, 3.63) is 24.0 Å². The number of likely N-dealkylation sites (N-methyl/N-ethyl adjacent to an activating group) is 1. The average molecular weight is 238 g/mol. The van der Waals surface area contributed by atoms with Crippen LogP contribution < -0.4 is 10.1 Å². The van der Waals surface area contributed by atoms with Gasteiger partial charge >= 0.3 is 0 Å². The highest BCUT2D eigenvalue weighted by Gasteiger charge is 2.24. The van der Waals surface area contributed by atoms with Crippen LogP contribution in [0.25, 0.3) is 0 Å². The molecule has 0 fully saturated rings. The molecule has 0 aliphatic carbocycles. The summed E-state index contributed by atoms with van der Waals surface area (Å²) in [6.45, 7) is 4.82. The molecule has 1 rings (SSSR count). The molecule has 2 unspecified atom stereocenters. The molecule has 0 spiro atoms. The van der Waals surface area contributed by atoms with Crippen LogP contribution >= 0.6 is 0 Å². The number of hydrogen-bond donors (Lipinski definition) is 1. The third-order valence-corrected chi connectivity index (χ3v) is 2.78. The van der Waals surface area contributed by atoms with Gasteiger partial charge in [-0.2, -0.15) is 0 Å². The number of nitrogens with one attached hydrogen (secondary N) is 1. The van der Waals surface area contributed by atoms with Crippen molar-refractivity contribution in [3.63, 3.8) is 0 Å². The number of hydrogen-bond acceptors (Lipinski definition) is 4.